The maximum Gasteiger partial charge on any atom is 0.246 e. The van der Waals surface area contributed by atoms with Crippen molar-refractivity contribution in [1.29, 1.82) is 0 Å². The first kappa shape index (κ1) is 11.4. The molecule has 0 aliphatic carbocycles. The van der Waals surface area contributed by atoms with Gasteiger partial charge in [0.15, 0.2) is 0 Å². The molecule has 4 nitrogen and oxygen atoms in total. The first-order chi connectivity index (χ1) is 7.74. The summed E-state index contributed by atoms with van der Waals surface area (Å²) in [6.07, 6.45) is 0.837. The zero-order chi connectivity index (χ0) is 11.5. The average molecular weight is 240 g/mol. The van der Waals surface area contributed by atoms with E-state index in [-0.39, 0.29) is 11.9 Å². The summed E-state index contributed by atoms with van der Waals surface area (Å²) < 4.78 is 0. The lowest BCUT2D eigenvalue weighted by Gasteiger charge is -2.11. The third-order valence-corrected chi connectivity index (χ3v) is 2.92. The van der Waals surface area contributed by atoms with Crippen LogP contribution in [0.2, 0.25) is 5.02 Å². The molecule has 1 unspecified atom stereocenters. The average Bonchev–Trinajstić information content (AvgIpc) is 2.57. The van der Waals surface area contributed by atoms with E-state index in [9.17, 15) is 4.79 Å². The van der Waals surface area contributed by atoms with E-state index in [2.05, 4.69) is 10.6 Å². The van der Waals surface area contributed by atoms with E-state index in [1.165, 1.54) is 0 Å². The molecule has 86 valence electrons. The molecule has 4 N–H and O–H groups in total. The smallest absolute Gasteiger partial charge is 0.246 e. The van der Waals surface area contributed by atoms with E-state index < -0.39 is 0 Å². The second-order valence-corrected chi connectivity index (χ2v) is 4.13. The number of benzene rings is 1. The van der Waals surface area contributed by atoms with Crippen LogP contribution in [0.15, 0.2) is 18.2 Å². The number of carbonyl (C=O) groups excluding carboxylic acids is 1. The zero-order valence-corrected chi connectivity index (χ0v) is 9.55. The maximum absolute atomic E-state index is 11.7. The standard InChI is InChI=1S/C11H14ClN3O/c12-7-3-1-4-8-9(7)10(11(16)15-8)14-6-2-5-13/h1,3-4,10,14H,2,5-6,13H2,(H,15,16). The van der Waals surface area contributed by atoms with E-state index in [1.807, 2.05) is 12.1 Å². The molecule has 1 heterocycles. The summed E-state index contributed by atoms with van der Waals surface area (Å²) in [6, 6.07) is 5.11. The van der Waals surface area contributed by atoms with Gasteiger partial charge in [0.2, 0.25) is 5.91 Å². The fraction of sp³-hybridized carbons (Fsp3) is 0.364. The van der Waals surface area contributed by atoms with Crippen molar-refractivity contribution in [2.45, 2.75) is 12.5 Å². The molecule has 1 amide bonds. The first-order valence-corrected chi connectivity index (χ1v) is 5.64. The van der Waals surface area contributed by atoms with E-state index in [0.717, 1.165) is 17.7 Å². The van der Waals surface area contributed by atoms with Gasteiger partial charge in [0, 0.05) is 16.3 Å². The molecule has 0 radical (unpaired) electrons. The Morgan fingerprint density at radius 1 is 1.50 bits per heavy atom. The highest BCUT2D eigenvalue weighted by Crippen LogP contribution is 2.35. The monoisotopic (exact) mass is 239 g/mol. The minimum absolute atomic E-state index is 0.0554. The highest BCUT2D eigenvalue weighted by molar-refractivity contribution is 6.32. The van der Waals surface area contributed by atoms with Crippen LogP contribution in [0.4, 0.5) is 5.69 Å². The minimum atomic E-state index is -0.352. The van der Waals surface area contributed by atoms with Gasteiger partial charge in [-0.25, -0.2) is 0 Å². The number of rotatable bonds is 4. The van der Waals surface area contributed by atoms with Crippen LogP contribution in [0.25, 0.3) is 0 Å². The molecule has 0 aromatic heterocycles. The molecule has 1 aliphatic heterocycles. The normalized spacial score (nSPS) is 18.4. The van der Waals surface area contributed by atoms with Crippen LogP contribution < -0.4 is 16.4 Å². The molecule has 0 spiro atoms. The van der Waals surface area contributed by atoms with Gasteiger partial charge >= 0.3 is 0 Å². The molecule has 1 aromatic rings. The van der Waals surface area contributed by atoms with E-state index in [4.69, 9.17) is 17.3 Å². The molecule has 0 fully saturated rings. The fourth-order valence-corrected chi connectivity index (χ4v) is 2.10. The molecule has 0 saturated heterocycles. The van der Waals surface area contributed by atoms with Crippen molar-refractivity contribution in [2.75, 3.05) is 18.4 Å². The number of nitrogens with two attached hydrogens (primary N) is 1. The van der Waals surface area contributed by atoms with Crippen LogP contribution in [-0.4, -0.2) is 19.0 Å². The van der Waals surface area contributed by atoms with Crippen molar-refractivity contribution in [1.82, 2.24) is 5.32 Å². The minimum Gasteiger partial charge on any atom is -0.330 e. The van der Waals surface area contributed by atoms with Gasteiger partial charge in [0.05, 0.1) is 0 Å². The van der Waals surface area contributed by atoms with Gasteiger partial charge in [-0.05, 0) is 31.6 Å². The van der Waals surface area contributed by atoms with Crippen LogP contribution in [-0.2, 0) is 4.79 Å². The second kappa shape index (κ2) is 4.82. The molecule has 0 bridgehead atoms. The molecule has 1 aliphatic rings. The van der Waals surface area contributed by atoms with Crippen molar-refractivity contribution in [2.24, 2.45) is 5.73 Å². The van der Waals surface area contributed by atoms with Crippen molar-refractivity contribution < 1.29 is 4.79 Å². The molecule has 0 saturated carbocycles. The lowest BCUT2D eigenvalue weighted by Crippen LogP contribution is -2.29. The van der Waals surface area contributed by atoms with Crippen molar-refractivity contribution >= 4 is 23.2 Å². The Hall–Kier alpha value is -1.10. The number of hydrogen-bond acceptors (Lipinski definition) is 3. The van der Waals surface area contributed by atoms with Crippen LogP contribution >= 0.6 is 11.6 Å². The van der Waals surface area contributed by atoms with Gasteiger partial charge in [-0.3, -0.25) is 4.79 Å². The Morgan fingerprint density at radius 2 is 2.31 bits per heavy atom. The predicted octanol–water partition coefficient (Wildman–Crippen LogP) is 1.27. The van der Waals surface area contributed by atoms with Gasteiger partial charge in [-0.2, -0.15) is 0 Å². The zero-order valence-electron chi connectivity index (χ0n) is 8.79. The van der Waals surface area contributed by atoms with E-state index >= 15 is 0 Å². The highest BCUT2D eigenvalue weighted by atomic mass is 35.5. The van der Waals surface area contributed by atoms with Crippen LogP contribution in [0.5, 0.6) is 0 Å². The van der Waals surface area contributed by atoms with E-state index in [0.29, 0.717) is 18.1 Å². The summed E-state index contributed by atoms with van der Waals surface area (Å²) in [4.78, 5) is 11.7. The number of halogens is 1. The first-order valence-electron chi connectivity index (χ1n) is 5.26. The highest BCUT2D eigenvalue weighted by Gasteiger charge is 2.31. The Balaban J connectivity index is 2.18. The third kappa shape index (κ3) is 2.04. The Kier molecular flexibility index (Phi) is 3.43. The Labute approximate surface area is 99.2 Å². The number of hydrogen-bond donors (Lipinski definition) is 3. The van der Waals surface area contributed by atoms with E-state index in [1.54, 1.807) is 6.07 Å². The lowest BCUT2D eigenvalue weighted by atomic mass is 10.1. The molecule has 1 atom stereocenters. The fourth-order valence-electron chi connectivity index (χ4n) is 1.82. The van der Waals surface area contributed by atoms with Gasteiger partial charge in [0.25, 0.3) is 0 Å². The molecule has 1 aromatic carbocycles. The van der Waals surface area contributed by atoms with Crippen LogP contribution in [0.3, 0.4) is 0 Å². The van der Waals surface area contributed by atoms with Crippen LogP contribution in [0, 0.1) is 0 Å². The largest absolute Gasteiger partial charge is 0.330 e. The number of anilines is 1. The van der Waals surface area contributed by atoms with Gasteiger partial charge in [-0.15, -0.1) is 0 Å². The molecule has 5 heteroatoms. The summed E-state index contributed by atoms with van der Waals surface area (Å²) in [5, 5.41) is 6.56. The number of fused-ring (bicyclic) bond motifs is 1. The maximum atomic E-state index is 11.7. The number of amides is 1. The molecular formula is C11H14ClN3O. The van der Waals surface area contributed by atoms with Crippen molar-refractivity contribution in [3.63, 3.8) is 0 Å². The molecule has 2 rings (SSSR count). The van der Waals surface area contributed by atoms with Gasteiger partial charge in [-0.1, -0.05) is 17.7 Å². The third-order valence-electron chi connectivity index (χ3n) is 2.59. The van der Waals surface area contributed by atoms with Crippen molar-refractivity contribution in [3.8, 4) is 0 Å². The number of carbonyl (C=O) groups is 1. The summed E-state index contributed by atoms with van der Waals surface area (Å²) >= 11 is 6.09. The summed E-state index contributed by atoms with van der Waals surface area (Å²) in [7, 11) is 0. The SMILES string of the molecule is NCCCNC1C(=O)Nc2cccc(Cl)c21. The Bertz CT molecular complexity index is 408. The summed E-state index contributed by atoms with van der Waals surface area (Å²) in [6.45, 7) is 1.32. The predicted molar refractivity (Wildman–Crippen MR) is 64.5 cm³/mol. The van der Waals surface area contributed by atoms with Gasteiger partial charge < -0.3 is 16.4 Å². The molecular weight excluding hydrogens is 226 g/mol. The quantitative estimate of drug-likeness (QED) is 0.694. The Morgan fingerprint density at radius 3 is 3.06 bits per heavy atom. The summed E-state index contributed by atoms with van der Waals surface area (Å²) in [5.74, 6) is -0.0554. The van der Waals surface area contributed by atoms with Crippen molar-refractivity contribution in [3.05, 3.63) is 28.8 Å². The number of nitrogens with one attached hydrogen (secondary N) is 2. The summed E-state index contributed by atoms with van der Waals surface area (Å²) in [5.41, 5.74) is 7.04. The molecule has 16 heavy (non-hydrogen) atoms. The topological polar surface area (TPSA) is 67.1 Å². The van der Waals surface area contributed by atoms with Crippen LogP contribution in [0.1, 0.15) is 18.0 Å². The lowest BCUT2D eigenvalue weighted by molar-refractivity contribution is -0.117. The van der Waals surface area contributed by atoms with Gasteiger partial charge in [0.1, 0.15) is 6.04 Å². The second-order valence-electron chi connectivity index (χ2n) is 3.72.